The molecule has 0 fully saturated rings. The van der Waals surface area contributed by atoms with Crippen molar-refractivity contribution in [2.75, 3.05) is 40.0 Å². The molecule has 0 radical (unpaired) electrons. The Morgan fingerprint density at radius 3 is 2.38 bits per heavy atom. The topological polar surface area (TPSA) is 32.7 Å². The van der Waals surface area contributed by atoms with E-state index < -0.39 is 0 Å². The van der Waals surface area contributed by atoms with Crippen LogP contribution in [-0.2, 0) is 4.74 Å². The number of nitrogens with zero attached hydrogens (tertiary/aromatic N) is 1. The molecule has 3 nitrogen and oxygen atoms in total. The minimum atomic E-state index is 0.0165. The van der Waals surface area contributed by atoms with Gasteiger partial charge < -0.3 is 14.7 Å². The number of methoxy groups -OCH3 is 1. The summed E-state index contributed by atoms with van der Waals surface area (Å²) in [5, 5.41) is 9.44. The van der Waals surface area contributed by atoms with Crippen molar-refractivity contribution in [3.63, 3.8) is 0 Å². The molecule has 0 aromatic carbocycles. The van der Waals surface area contributed by atoms with Crippen molar-refractivity contribution in [2.24, 2.45) is 11.3 Å². The summed E-state index contributed by atoms with van der Waals surface area (Å²) in [6.07, 6.45) is 1.01. The minimum Gasteiger partial charge on any atom is -0.396 e. The molecule has 1 unspecified atom stereocenters. The Morgan fingerprint density at radius 2 is 2.00 bits per heavy atom. The lowest BCUT2D eigenvalue weighted by Gasteiger charge is -2.34. The van der Waals surface area contributed by atoms with Crippen molar-refractivity contribution in [3.8, 4) is 0 Å². The molecule has 0 aliphatic carbocycles. The summed E-state index contributed by atoms with van der Waals surface area (Å²) in [5.41, 5.74) is 0.0165. The van der Waals surface area contributed by atoms with Crippen molar-refractivity contribution < 1.29 is 9.84 Å². The zero-order valence-corrected chi connectivity index (χ0v) is 11.6. The van der Waals surface area contributed by atoms with E-state index in [4.69, 9.17) is 4.74 Å². The van der Waals surface area contributed by atoms with Crippen molar-refractivity contribution in [1.29, 1.82) is 0 Å². The van der Waals surface area contributed by atoms with Crippen molar-refractivity contribution >= 4 is 0 Å². The van der Waals surface area contributed by atoms with Crippen molar-refractivity contribution in [2.45, 2.75) is 34.1 Å². The highest BCUT2D eigenvalue weighted by Gasteiger charge is 2.24. The fourth-order valence-electron chi connectivity index (χ4n) is 1.79. The Balaban J connectivity index is 4.27. The van der Waals surface area contributed by atoms with Gasteiger partial charge >= 0.3 is 0 Å². The van der Waals surface area contributed by atoms with E-state index in [1.165, 1.54) is 0 Å². The zero-order chi connectivity index (χ0) is 12.6. The molecule has 0 heterocycles. The van der Waals surface area contributed by atoms with E-state index >= 15 is 0 Å². The SMILES string of the molecule is CCC(C)(CO)CN(CCOC)CC(C)C. The van der Waals surface area contributed by atoms with Crippen LogP contribution in [0.2, 0.25) is 0 Å². The normalized spacial score (nSPS) is 15.8. The Labute approximate surface area is 101 Å². The molecule has 1 N–H and O–H groups in total. The summed E-state index contributed by atoms with van der Waals surface area (Å²) in [6, 6.07) is 0. The molecular weight excluding hydrogens is 202 g/mol. The highest BCUT2D eigenvalue weighted by atomic mass is 16.5. The maximum atomic E-state index is 9.44. The van der Waals surface area contributed by atoms with Crippen LogP contribution in [0.25, 0.3) is 0 Å². The number of ether oxygens (including phenoxy) is 1. The van der Waals surface area contributed by atoms with Crippen LogP contribution in [0.3, 0.4) is 0 Å². The molecule has 0 amide bonds. The summed E-state index contributed by atoms with van der Waals surface area (Å²) >= 11 is 0. The molecule has 16 heavy (non-hydrogen) atoms. The van der Waals surface area contributed by atoms with E-state index in [0.29, 0.717) is 5.92 Å². The Morgan fingerprint density at radius 1 is 1.38 bits per heavy atom. The van der Waals surface area contributed by atoms with Crippen LogP contribution in [-0.4, -0.2) is 50.0 Å². The Kier molecular flexibility index (Phi) is 7.98. The first-order valence-corrected chi connectivity index (χ1v) is 6.29. The summed E-state index contributed by atoms with van der Waals surface area (Å²) in [4.78, 5) is 2.40. The zero-order valence-electron chi connectivity index (χ0n) is 11.6. The van der Waals surface area contributed by atoms with Gasteiger partial charge in [0.2, 0.25) is 0 Å². The first-order valence-electron chi connectivity index (χ1n) is 6.29. The van der Waals surface area contributed by atoms with E-state index in [0.717, 1.165) is 32.7 Å². The average molecular weight is 231 g/mol. The third-order valence-electron chi connectivity index (χ3n) is 3.08. The van der Waals surface area contributed by atoms with E-state index in [9.17, 15) is 5.11 Å². The number of rotatable bonds is 9. The highest BCUT2D eigenvalue weighted by molar-refractivity contribution is 4.77. The fourth-order valence-corrected chi connectivity index (χ4v) is 1.79. The van der Waals surface area contributed by atoms with Crippen molar-refractivity contribution in [3.05, 3.63) is 0 Å². The quantitative estimate of drug-likeness (QED) is 0.659. The third kappa shape index (κ3) is 6.46. The maximum Gasteiger partial charge on any atom is 0.0589 e. The summed E-state index contributed by atoms with van der Waals surface area (Å²) in [6.45, 7) is 12.7. The molecule has 98 valence electrons. The largest absolute Gasteiger partial charge is 0.396 e. The standard InChI is InChI=1S/C13H29NO2/c1-6-13(4,11-15)10-14(7-8-16-5)9-12(2)3/h12,15H,6-11H2,1-5H3. The van der Waals surface area contributed by atoms with Gasteiger partial charge in [0.1, 0.15) is 0 Å². The van der Waals surface area contributed by atoms with E-state index in [-0.39, 0.29) is 12.0 Å². The van der Waals surface area contributed by atoms with Crippen LogP contribution >= 0.6 is 0 Å². The van der Waals surface area contributed by atoms with Gasteiger partial charge in [-0.2, -0.15) is 0 Å². The Hall–Kier alpha value is -0.120. The predicted octanol–water partition coefficient (Wildman–Crippen LogP) is 2.00. The average Bonchev–Trinajstić information content (AvgIpc) is 2.25. The molecule has 0 aliphatic heterocycles. The van der Waals surface area contributed by atoms with Crippen LogP contribution in [0.4, 0.5) is 0 Å². The van der Waals surface area contributed by atoms with Gasteiger partial charge in [-0.3, -0.25) is 0 Å². The van der Waals surface area contributed by atoms with Crippen molar-refractivity contribution in [1.82, 2.24) is 4.90 Å². The molecule has 0 aromatic rings. The molecule has 0 aromatic heterocycles. The van der Waals surface area contributed by atoms with Crippen LogP contribution in [0.5, 0.6) is 0 Å². The van der Waals surface area contributed by atoms with Gasteiger partial charge in [0, 0.05) is 38.8 Å². The maximum absolute atomic E-state index is 9.44. The predicted molar refractivity (Wildman–Crippen MR) is 68.6 cm³/mol. The molecule has 0 spiro atoms. The molecule has 0 bridgehead atoms. The second kappa shape index (κ2) is 8.04. The monoisotopic (exact) mass is 231 g/mol. The van der Waals surface area contributed by atoms with Gasteiger partial charge in [-0.25, -0.2) is 0 Å². The van der Waals surface area contributed by atoms with Gasteiger partial charge in [0.15, 0.2) is 0 Å². The first kappa shape index (κ1) is 15.9. The van der Waals surface area contributed by atoms with Gasteiger partial charge in [0.25, 0.3) is 0 Å². The van der Waals surface area contributed by atoms with E-state index in [1.807, 2.05) is 0 Å². The lowest BCUT2D eigenvalue weighted by atomic mass is 9.88. The Bertz CT molecular complexity index is 167. The number of aliphatic hydroxyl groups is 1. The summed E-state index contributed by atoms with van der Waals surface area (Å²) in [7, 11) is 1.73. The third-order valence-corrected chi connectivity index (χ3v) is 3.08. The molecule has 0 aliphatic rings. The first-order chi connectivity index (χ1) is 7.47. The van der Waals surface area contributed by atoms with Crippen LogP contribution in [0, 0.1) is 11.3 Å². The van der Waals surface area contributed by atoms with Gasteiger partial charge in [-0.05, 0) is 12.3 Å². The molecule has 3 heteroatoms. The number of aliphatic hydroxyl groups excluding tert-OH is 1. The minimum absolute atomic E-state index is 0.0165. The lowest BCUT2D eigenvalue weighted by molar-refractivity contribution is 0.0626. The summed E-state index contributed by atoms with van der Waals surface area (Å²) < 4.78 is 5.13. The number of hydrogen-bond donors (Lipinski definition) is 1. The molecule has 0 saturated carbocycles. The summed E-state index contributed by atoms with van der Waals surface area (Å²) in [5.74, 6) is 0.650. The van der Waals surface area contributed by atoms with Crippen LogP contribution in [0.1, 0.15) is 34.1 Å². The van der Waals surface area contributed by atoms with E-state index in [2.05, 4.69) is 32.6 Å². The van der Waals surface area contributed by atoms with Gasteiger partial charge in [-0.1, -0.05) is 27.7 Å². The molecular formula is C13H29NO2. The van der Waals surface area contributed by atoms with Gasteiger partial charge in [0.05, 0.1) is 6.61 Å². The van der Waals surface area contributed by atoms with E-state index in [1.54, 1.807) is 7.11 Å². The molecule has 0 saturated heterocycles. The van der Waals surface area contributed by atoms with Crippen LogP contribution < -0.4 is 0 Å². The highest BCUT2D eigenvalue weighted by Crippen LogP contribution is 2.22. The molecule has 0 rings (SSSR count). The fraction of sp³-hybridized carbons (Fsp3) is 1.00. The number of hydrogen-bond acceptors (Lipinski definition) is 3. The van der Waals surface area contributed by atoms with Gasteiger partial charge in [-0.15, -0.1) is 0 Å². The smallest absolute Gasteiger partial charge is 0.0589 e. The second-order valence-corrected chi connectivity index (χ2v) is 5.44. The lowest BCUT2D eigenvalue weighted by Crippen LogP contribution is -2.41. The van der Waals surface area contributed by atoms with Crippen LogP contribution in [0.15, 0.2) is 0 Å². The second-order valence-electron chi connectivity index (χ2n) is 5.44. The molecule has 1 atom stereocenters.